The number of alkyl halides is 5. The maximum absolute atomic E-state index is 13.8. The fourth-order valence-electron chi connectivity index (χ4n) is 4.81. The van der Waals surface area contributed by atoms with Gasteiger partial charge in [0.2, 0.25) is 11.8 Å². The van der Waals surface area contributed by atoms with Crippen LogP contribution in [-0.4, -0.2) is 40.5 Å². The van der Waals surface area contributed by atoms with Gasteiger partial charge in [-0.15, -0.1) is 0 Å². The van der Waals surface area contributed by atoms with Crippen LogP contribution in [0.3, 0.4) is 0 Å². The molecule has 5 nitrogen and oxygen atoms in total. The van der Waals surface area contributed by atoms with Crippen LogP contribution in [0.4, 0.5) is 22.0 Å². The number of nitrogens with one attached hydrogen (secondary N) is 1. The summed E-state index contributed by atoms with van der Waals surface area (Å²) in [6, 6.07) is 3.23. The van der Waals surface area contributed by atoms with Crippen molar-refractivity contribution in [1.29, 1.82) is 0 Å². The van der Waals surface area contributed by atoms with Crippen LogP contribution in [0.5, 0.6) is 0 Å². The van der Waals surface area contributed by atoms with E-state index in [2.05, 4.69) is 10.3 Å². The molecule has 1 N–H and O–H groups in total. The van der Waals surface area contributed by atoms with Gasteiger partial charge in [0.25, 0.3) is 0 Å². The highest BCUT2D eigenvalue weighted by molar-refractivity contribution is 5.92. The molecule has 1 saturated heterocycles. The summed E-state index contributed by atoms with van der Waals surface area (Å²) in [4.78, 5) is 16.1. The lowest BCUT2D eigenvalue weighted by Gasteiger charge is -2.28. The van der Waals surface area contributed by atoms with E-state index in [0.29, 0.717) is 24.5 Å². The standard InChI is InChI=1S/C24H28F5N3O2/c1-15-12-17(2-3-21(33)30-18-6-10-34-11-7-18)14-20-31-22(24(27,28)29)19(32(15)20)13-16-4-8-23(25,26)9-5-16/h2-3,12,14,16,18H,4-11,13H2,1H3,(H,30,33). The Balaban J connectivity index is 1.57. The Kier molecular flexibility index (Phi) is 6.98. The number of halogens is 5. The van der Waals surface area contributed by atoms with Gasteiger partial charge in [-0.25, -0.2) is 13.8 Å². The van der Waals surface area contributed by atoms with Crippen LogP contribution in [0.1, 0.15) is 61.2 Å². The lowest BCUT2D eigenvalue weighted by Crippen LogP contribution is -2.37. The Morgan fingerprint density at radius 1 is 1.21 bits per heavy atom. The van der Waals surface area contributed by atoms with Crippen molar-refractivity contribution >= 4 is 17.6 Å². The molecule has 2 fully saturated rings. The van der Waals surface area contributed by atoms with Crippen LogP contribution in [0.2, 0.25) is 0 Å². The highest BCUT2D eigenvalue weighted by atomic mass is 19.4. The van der Waals surface area contributed by atoms with Gasteiger partial charge in [0.15, 0.2) is 5.69 Å². The van der Waals surface area contributed by atoms with Crippen molar-refractivity contribution in [3.05, 3.63) is 40.9 Å². The van der Waals surface area contributed by atoms with E-state index in [4.69, 9.17) is 4.74 Å². The van der Waals surface area contributed by atoms with Gasteiger partial charge in [-0.2, -0.15) is 13.2 Å². The third kappa shape index (κ3) is 5.76. The predicted molar refractivity (Wildman–Crippen MR) is 117 cm³/mol. The van der Waals surface area contributed by atoms with Crippen molar-refractivity contribution in [2.75, 3.05) is 13.2 Å². The van der Waals surface area contributed by atoms with Crippen molar-refractivity contribution in [2.45, 2.75) is 70.0 Å². The Labute approximate surface area is 194 Å². The van der Waals surface area contributed by atoms with Gasteiger partial charge < -0.3 is 14.5 Å². The molecule has 34 heavy (non-hydrogen) atoms. The summed E-state index contributed by atoms with van der Waals surface area (Å²) in [6.07, 6.45) is -0.495. The van der Waals surface area contributed by atoms with Gasteiger partial charge >= 0.3 is 6.18 Å². The summed E-state index contributed by atoms with van der Waals surface area (Å²) in [7, 11) is 0. The molecule has 3 heterocycles. The number of carbonyl (C=O) groups excluding carboxylic acids is 1. The molecular weight excluding hydrogens is 457 g/mol. The van der Waals surface area contributed by atoms with Gasteiger partial charge in [0.05, 0.1) is 5.69 Å². The smallest absolute Gasteiger partial charge is 0.381 e. The number of fused-ring (bicyclic) bond motifs is 1. The zero-order valence-corrected chi connectivity index (χ0v) is 18.9. The molecule has 0 radical (unpaired) electrons. The number of imidazole rings is 1. The van der Waals surface area contributed by atoms with Crippen molar-refractivity contribution in [3.63, 3.8) is 0 Å². The SMILES string of the molecule is Cc1cc(C=CC(=O)NC2CCOCC2)cc2nc(C(F)(F)F)c(CC3CCC(F)(F)CC3)n12. The van der Waals surface area contributed by atoms with Gasteiger partial charge in [-0.3, -0.25) is 4.79 Å². The number of hydrogen-bond donors (Lipinski definition) is 1. The Morgan fingerprint density at radius 3 is 2.53 bits per heavy atom. The van der Waals surface area contributed by atoms with Gasteiger partial charge in [-0.1, -0.05) is 0 Å². The highest BCUT2D eigenvalue weighted by Gasteiger charge is 2.40. The number of carbonyl (C=O) groups is 1. The molecule has 0 aromatic carbocycles. The van der Waals surface area contributed by atoms with E-state index in [1.807, 2.05) is 0 Å². The number of ether oxygens (including phenoxy) is 1. The maximum Gasteiger partial charge on any atom is 0.435 e. The van der Waals surface area contributed by atoms with Crippen LogP contribution in [0.15, 0.2) is 18.2 Å². The summed E-state index contributed by atoms with van der Waals surface area (Å²) >= 11 is 0. The number of aromatic nitrogens is 2. The molecule has 0 spiro atoms. The second kappa shape index (κ2) is 9.64. The van der Waals surface area contributed by atoms with E-state index < -0.39 is 17.8 Å². The molecule has 186 valence electrons. The Bertz CT molecular complexity index is 1060. The topological polar surface area (TPSA) is 55.6 Å². The molecule has 0 bridgehead atoms. The predicted octanol–water partition coefficient (Wildman–Crippen LogP) is 5.34. The number of amides is 1. The molecule has 0 atom stereocenters. The Hall–Kier alpha value is -2.49. The molecule has 4 rings (SSSR count). The van der Waals surface area contributed by atoms with Crippen molar-refractivity contribution in [3.8, 4) is 0 Å². The van der Waals surface area contributed by atoms with E-state index >= 15 is 0 Å². The number of aryl methyl sites for hydroxylation is 1. The second-order valence-electron chi connectivity index (χ2n) is 9.26. The first kappa shape index (κ1) is 24.6. The van der Waals surface area contributed by atoms with Crippen LogP contribution in [0, 0.1) is 12.8 Å². The average Bonchev–Trinajstić information content (AvgIpc) is 3.14. The molecule has 1 aliphatic carbocycles. The van der Waals surface area contributed by atoms with E-state index in [1.54, 1.807) is 19.1 Å². The van der Waals surface area contributed by atoms with Crippen LogP contribution < -0.4 is 5.32 Å². The number of hydrogen-bond acceptors (Lipinski definition) is 3. The van der Waals surface area contributed by atoms with E-state index in [9.17, 15) is 26.7 Å². The molecule has 1 amide bonds. The minimum absolute atomic E-state index is 0.00278. The maximum atomic E-state index is 13.8. The second-order valence-corrected chi connectivity index (χ2v) is 9.26. The first-order valence-electron chi connectivity index (χ1n) is 11.6. The minimum atomic E-state index is -4.66. The number of rotatable bonds is 5. The third-order valence-electron chi connectivity index (χ3n) is 6.60. The minimum Gasteiger partial charge on any atom is -0.381 e. The van der Waals surface area contributed by atoms with E-state index in [1.165, 1.54) is 16.5 Å². The molecule has 10 heteroatoms. The zero-order chi connectivity index (χ0) is 24.5. The fourth-order valence-corrected chi connectivity index (χ4v) is 4.81. The van der Waals surface area contributed by atoms with Gasteiger partial charge in [-0.05, 0) is 68.7 Å². The van der Waals surface area contributed by atoms with Crippen LogP contribution in [0.25, 0.3) is 11.7 Å². The normalized spacial score (nSPS) is 20.3. The molecule has 2 aromatic rings. The first-order valence-corrected chi connectivity index (χ1v) is 11.6. The summed E-state index contributed by atoms with van der Waals surface area (Å²) in [6.45, 7) is 2.86. The number of pyridine rings is 1. The molecule has 2 aliphatic rings. The summed E-state index contributed by atoms with van der Waals surface area (Å²) < 4.78 is 75.1. The van der Waals surface area contributed by atoms with Crippen LogP contribution >= 0.6 is 0 Å². The largest absolute Gasteiger partial charge is 0.435 e. The van der Waals surface area contributed by atoms with Crippen molar-refractivity contribution < 1.29 is 31.5 Å². The number of nitrogens with zero attached hydrogens (tertiary/aromatic N) is 2. The van der Waals surface area contributed by atoms with Crippen molar-refractivity contribution in [1.82, 2.24) is 14.7 Å². The third-order valence-corrected chi connectivity index (χ3v) is 6.60. The van der Waals surface area contributed by atoms with E-state index in [0.717, 1.165) is 12.8 Å². The lowest BCUT2D eigenvalue weighted by molar-refractivity contribution is -0.141. The molecule has 1 aliphatic heterocycles. The summed E-state index contributed by atoms with van der Waals surface area (Å²) in [5.41, 5.74) is 0.220. The lowest BCUT2D eigenvalue weighted by atomic mass is 9.83. The highest BCUT2D eigenvalue weighted by Crippen LogP contribution is 2.40. The molecule has 2 aromatic heterocycles. The van der Waals surface area contributed by atoms with Gasteiger partial charge in [0.1, 0.15) is 5.65 Å². The zero-order valence-electron chi connectivity index (χ0n) is 18.9. The summed E-state index contributed by atoms with van der Waals surface area (Å²) in [5.74, 6) is -3.27. The van der Waals surface area contributed by atoms with E-state index in [-0.39, 0.29) is 61.3 Å². The van der Waals surface area contributed by atoms with Crippen LogP contribution in [-0.2, 0) is 22.1 Å². The van der Waals surface area contributed by atoms with Gasteiger partial charge in [0, 0.05) is 43.9 Å². The fraction of sp³-hybridized carbons (Fsp3) is 0.583. The first-order chi connectivity index (χ1) is 16.0. The molecule has 1 saturated carbocycles. The molecule has 0 unspecified atom stereocenters. The monoisotopic (exact) mass is 485 g/mol. The quantitative estimate of drug-likeness (QED) is 0.460. The summed E-state index contributed by atoms with van der Waals surface area (Å²) in [5, 5.41) is 2.90. The molecular formula is C24H28F5N3O2. The van der Waals surface area contributed by atoms with Crippen molar-refractivity contribution in [2.24, 2.45) is 5.92 Å². The Morgan fingerprint density at radius 2 is 1.88 bits per heavy atom. The average molecular weight is 485 g/mol.